The molecule has 2 fully saturated rings. The summed E-state index contributed by atoms with van der Waals surface area (Å²) in [5.74, 6) is -3.66. The fourth-order valence-electron chi connectivity index (χ4n) is 5.67. The smallest absolute Gasteiger partial charge is 0.250 e. The van der Waals surface area contributed by atoms with Crippen molar-refractivity contribution >= 4 is 29.1 Å². The zero-order valence-corrected chi connectivity index (χ0v) is 17.9. The van der Waals surface area contributed by atoms with E-state index in [1.54, 1.807) is 54.6 Å². The lowest BCUT2D eigenvalue weighted by molar-refractivity contribution is -0.130. The summed E-state index contributed by atoms with van der Waals surface area (Å²) in [4.78, 5) is 42.1. The highest BCUT2D eigenvalue weighted by atomic mass is 19.1. The number of para-hydroxylation sites is 1. The van der Waals surface area contributed by atoms with Gasteiger partial charge < -0.3 is 10.4 Å². The van der Waals surface area contributed by atoms with Crippen molar-refractivity contribution in [1.29, 1.82) is 0 Å². The number of phenols is 1. The predicted octanol–water partition coefficient (Wildman–Crippen LogP) is 2.70. The average Bonchev–Trinajstić information content (AvgIpc) is 3.40. The van der Waals surface area contributed by atoms with Gasteiger partial charge in [0, 0.05) is 17.3 Å². The lowest BCUT2D eigenvalue weighted by atomic mass is 9.76. The van der Waals surface area contributed by atoms with E-state index in [2.05, 4.69) is 10.6 Å². The Morgan fingerprint density at radius 1 is 0.941 bits per heavy atom. The molecule has 0 aliphatic carbocycles. The maximum atomic E-state index is 14.3. The molecular weight excluding hydrogens is 437 g/mol. The van der Waals surface area contributed by atoms with Crippen molar-refractivity contribution in [2.45, 2.75) is 18.0 Å². The van der Waals surface area contributed by atoms with Crippen molar-refractivity contribution in [2.75, 3.05) is 10.2 Å². The number of phenolic OH excluding ortho intramolecular Hbond substituents is 1. The minimum Gasteiger partial charge on any atom is -0.508 e. The standard InChI is InChI=1S/C26H20FN3O4/c27-15-8-11-19-18(13-15)26(25(34)28-19)22-21(20(29-26)12-14-6-9-17(31)10-7-14)23(32)30(24(22)33)16-4-2-1-3-5-16/h1-11,13,20-22,29,31H,12H2,(H,28,34)/t20-,21+,22-,26+/m0/s1. The molecule has 34 heavy (non-hydrogen) atoms. The van der Waals surface area contributed by atoms with Gasteiger partial charge in [0.1, 0.15) is 17.1 Å². The van der Waals surface area contributed by atoms with Gasteiger partial charge in [-0.2, -0.15) is 0 Å². The van der Waals surface area contributed by atoms with Crippen LogP contribution < -0.4 is 15.5 Å². The van der Waals surface area contributed by atoms with Crippen LogP contribution in [0.2, 0.25) is 0 Å². The fraction of sp³-hybridized carbons (Fsp3) is 0.192. The number of rotatable bonds is 3. The van der Waals surface area contributed by atoms with Gasteiger partial charge in [0.15, 0.2) is 0 Å². The molecule has 0 unspecified atom stereocenters. The third kappa shape index (κ3) is 2.75. The molecule has 3 aliphatic heterocycles. The number of hydrogen-bond donors (Lipinski definition) is 3. The Bertz CT molecular complexity index is 1340. The summed E-state index contributed by atoms with van der Waals surface area (Å²) >= 11 is 0. The molecule has 6 rings (SSSR count). The van der Waals surface area contributed by atoms with Crippen LogP contribution in [0.1, 0.15) is 11.1 Å². The van der Waals surface area contributed by atoms with E-state index in [1.165, 1.54) is 18.2 Å². The number of carbonyl (C=O) groups excluding carboxylic acids is 3. The van der Waals surface area contributed by atoms with Gasteiger partial charge in [0.25, 0.3) is 0 Å². The SMILES string of the molecule is O=C1[C@@H]2[C@H](Cc3ccc(O)cc3)N[C@@]3(C(=O)Nc4ccc(F)cc43)[C@@H]2C(=O)N1c1ccccc1. The van der Waals surface area contributed by atoms with Crippen molar-refractivity contribution in [3.63, 3.8) is 0 Å². The molecule has 3 aromatic rings. The van der Waals surface area contributed by atoms with E-state index < -0.39 is 47.0 Å². The topological polar surface area (TPSA) is 98.7 Å². The number of halogens is 1. The van der Waals surface area contributed by atoms with E-state index in [0.717, 1.165) is 10.5 Å². The Hall–Kier alpha value is -4.04. The zero-order valence-electron chi connectivity index (χ0n) is 17.9. The molecule has 1 spiro atoms. The van der Waals surface area contributed by atoms with Gasteiger partial charge in [-0.1, -0.05) is 30.3 Å². The second kappa shape index (κ2) is 7.23. The quantitative estimate of drug-likeness (QED) is 0.526. The van der Waals surface area contributed by atoms with E-state index in [4.69, 9.17) is 0 Å². The molecule has 3 heterocycles. The Morgan fingerprint density at radius 2 is 1.68 bits per heavy atom. The van der Waals surface area contributed by atoms with Crippen molar-refractivity contribution in [3.8, 4) is 5.75 Å². The highest BCUT2D eigenvalue weighted by molar-refractivity contribution is 6.25. The van der Waals surface area contributed by atoms with E-state index in [9.17, 15) is 23.9 Å². The predicted molar refractivity (Wildman–Crippen MR) is 121 cm³/mol. The molecule has 3 aromatic carbocycles. The second-order valence-electron chi connectivity index (χ2n) is 8.92. The summed E-state index contributed by atoms with van der Waals surface area (Å²) in [7, 11) is 0. The molecule has 0 aromatic heterocycles. The first-order valence-corrected chi connectivity index (χ1v) is 11.0. The summed E-state index contributed by atoms with van der Waals surface area (Å²) < 4.78 is 14.3. The molecule has 170 valence electrons. The molecule has 3 amide bonds. The number of imide groups is 1. The van der Waals surface area contributed by atoms with Crippen molar-refractivity contribution in [2.24, 2.45) is 11.8 Å². The number of amides is 3. The van der Waals surface area contributed by atoms with Crippen LogP contribution in [0.25, 0.3) is 0 Å². The molecule has 0 saturated carbocycles. The van der Waals surface area contributed by atoms with Crippen LogP contribution in [0.4, 0.5) is 15.8 Å². The second-order valence-corrected chi connectivity index (χ2v) is 8.92. The van der Waals surface area contributed by atoms with Crippen LogP contribution in [0.3, 0.4) is 0 Å². The van der Waals surface area contributed by atoms with Crippen molar-refractivity contribution < 1.29 is 23.9 Å². The van der Waals surface area contributed by atoms with Gasteiger partial charge in [-0.15, -0.1) is 0 Å². The van der Waals surface area contributed by atoms with Crippen LogP contribution in [0.15, 0.2) is 72.8 Å². The van der Waals surface area contributed by atoms with Crippen LogP contribution in [0.5, 0.6) is 5.75 Å². The van der Waals surface area contributed by atoms with E-state index in [-0.39, 0.29) is 5.75 Å². The highest BCUT2D eigenvalue weighted by Crippen LogP contribution is 2.54. The summed E-state index contributed by atoms with van der Waals surface area (Å²) in [6.45, 7) is 0. The summed E-state index contributed by atoms with van der Waals surface area (Å²) in [5.41, 5.74) is 0.434. The van der Waals surface area contributed by atoms with E-state index >= 15 is 0 Å². The molecule has 3 N–H and O–H groups in total. The van der Waals surface area contributed by atoms with E-state index in [0.29, 0.717) is 23.4 Å². The number of aromatic hydroxyl groups is 1. The minimum absolute atomic E-state index is 0.111. The maximum Gasteiger partial charge on any atom is 0.250 e. The number of carbonyl (C=O) groups is 3. The number of nitrogens with one attached hydrogen (secondary N) is 2. The van der Waals surface area contributed by atoms with Crippen LogP contribution >= 0.6 is 0 Å². The van der Waals surface area contributed by atoms with Crippen molar-refractivity contribution in [3.05, 3.63) is 89.7 Å². The first-order valence-electron chi connectivity index (χ1n) is 11.0. The van der Waals surface area contributed by atoms with Gasteiger partial charge >= 0.3 is 0 Å². The maximum absolute atomic E-state index is 14.3. The molecule has 3 aliphatic rings. The Kier molecular flexibility index (Phi) is 4.37. The third-order valence-corrected chi connectivity index (χ3v) is 7.08. The number of nitrogens with zero attached hydrogens (tertiary/aromatic N) is 1. The summed E-state index contributed by atoms with van der Waals surface area (Å²) in [5, 5.41) is 15.7. The highest BCUT2D eigenvalue weighted by Gasteiger charge is 2.70. The Morgan fingerprint density at radius 3 is 2.41 bits per heavy atom. The zero-order chi connectivity index (χ0) is 23.6. The minimum atomic E-state index is -1.57. The lowest BCUT2D eigenvalue weighted by Crippen LogP contribution is -2.53. The van der Waals surface area contributed by atoms with Crippen molar-refractivity contribution in [1.82, 2.24) is 5.32 Å². The van der Waals surface area contributed by atoms with Crippen LogP contribution in [-0.4, -0.2) is 28.9 Å². The molecule has 8 heteroatoms. The average molecular weight is 457 g/mol. The largest absolute Gasteiger partial charge is 0.508 e. The molecule has 7 nitrogen and oxygen atoms in total. The monoisotopic (exact) mass is 457 g/mol. The Labute approximate surface area is 194 Å². The molecular formula is C26H20FN3O4. The third-order valence-electron chi connectivity index (χ3n) is 7.08. The van der Waals surface area contributed by atoms with Gasteiger partial charge in [-0.05, 0) is 54.4 Å². The van der Waals surface area contributed by atoms with E-state index in [1.807, 2.05) is 0 Å². The van der Waals surface area contributed by atoms with Crippen LogP contribution in [0, 0.1) is 17.7 Å². The Balaban J connectivity index is 1.50. The molecule has 2 saturated heterocycles. The molecule has 0 radical (unpaired) electrons. The normalized spacial score (nSPS) is 27.3. The summed E-state index contributed by atoms with van der Waals surface area (Å²) in [6.07, 6.45) is 0.336. The van der Waals surface area contributed by atoms with Gasteiger partial charge in [-0.25, -0.2) is 9.29 Å². The summed E-state index contributed by atoms with van der Waals surface area (Å²) in [6, 6.07) is 18.6. The van der Waals surface area contributed by atoms with Gasteiger partial charge in [0.05, 0.1) is 17.5 Å². The number of hydrogen-bond acceptors (Lipinski definition) is 5. The van der Waals surface area contributed by atoms with Gasteiger partial charge in [0.2, 0.25) is 17.7 Å². The number of benzene rings is 3. The fourth-order valence-corrected chi connectivity index (χ4v) is 5.67. The number of anilines is 2. The lowest BCUT2D eigenvalue weighted by Gasteiger charge is -2.29. The molecule has 0 bridgehead atoms. The number of fused-ring (bicyclic) bond motifs is 4. The van der Waals surface area contributed by atoms with Crippen LogP contribution in [-0.2, 0) is 26.3 Å². The van der Waals surface area contributed by atoms with Gasteiger partial charge in [-0.3, -0.25) is 19.7 Å². The first kappa shape index (κ1) is 20.6. The molecule has 4 atom stereocenters. The first-order chi connectivity index (χ1) is 16.4.